The van der Waals surface area contributed by atoms with Gasteiger partial charge in [0, 0.05) is 12.3 Å². The van der Waals surface area contributed by atoms with Gasteiger partial charge in [0.15, 0.2) is 0 Å². The van der Waals surface area contributed by atoms with Crippen LogP contribution in [0.2, 0.25) is 0 Å². The van der Waals surface area contributed by atoms with Crippen LogP contribution < -0.4 is 0 Å². The molecule has 0 aliphatic rings. The molecule has 0 aliphatic carbocycles. The molecule has 2 heteroatoms. The van der Waals surface area contributed by atoms with Gasteiger partial charge < -0.3 is 4.90 Å². The average Bonchev–Trinajstić information content (AvgIpc) is 2.31. The van der Waals surface area contributed by atoms with E-state index < -0.39 is 0 Å². The van der Waals surface area contributed by atoms with Crippen molar-refractivity contribution in [3.63, 3.8) is 0 Å². The zero-order chi connectivity index (χ0) is 12.1. The second kappa shape index (κ2) is 14.1. The summed E-state index contributed by atoms with van der Waals surface area (Å²) >= 11 is 4.32. The van der Waals surface area contributed by atoms with Crippen molar-refractivity contribution in [1.82, 2.24) is 4.90 Å². The van der Waals surface area contributed by atoms with Crippen LogP contribution in [0.15, 0.2) is 11.6 Å². The first-order valence-electron chi connectivity index (χ1n) is 6.29. The van der Waals surface area contributed by atoms with Crippen molar-refractivity contribution in [1.29, 1.82) is 0 Å². The van der Waals surface area contributed by atoms with Crippen molar-refractivity contribution in [2.24, 2.45) is 0 Å². The van der Waals surface area contributed by atoms with Gasteiger partial charge in [0.05, 0.1) is 0 Å². The fourth-order valence-corrected chi connectivity index (χ4v) is 1.59. The van der Waals surface area contributed by atoms with Crippen LogP contribution >= 0.6 is 12.6 Å². The standard InChI is InChI=1S/C11H23NS.C2H6/c1-4-7-11(10-13)8-9-12(5-2)6-3;1-2/h8,13H,4-7,9-10H2,1-3H3;1-2H3/b11-8+;. The van der Waals surface area contributed by atoms with Crippen LogP contribution in [0.3, 0.4) is 0 Å². The quantitative estimate of drug-likeness (QED) is 0.512. The molecule has 0 unspecified atom stereocenters. The zero-order valence-electron chi connectivity index (χ0n) is 11.2. The lowest BCUT2D eigenvalue weighted by atomic mass is 10.1. The van der Waals surface area contributed by atoms with E-state index in [-0.39, 0.29) is 0 Å². The Kier molecular flexibility index (Phi) is 16.3. The van der Waals surface area contributed by atoms with Gasteiger partial charge in [-0.05, 0) is 19.5 Å². The predicted molar refractivity (Wildman–Crippen MR) is 76.0 cm³/mol. The number of nitrogens with zero attached hydrogens (tertiary/aromatic N) is 1. The highest BCUT2D eigenvalue weighted by molar-refractivity contribution is 7.80. The second-order valence-electron chi connectivity index (χ2n) is 3.26. The molecule has 0 aromatic rings. The van der Waals surface area contributed by atoms with E-state index in [1.54, 1.807) is 0 Å². The van der Waals surface area contributed by atoms with Gasteiger partial charge in [0.2, 0.25) is 0 Å². The first kappa shape index (κ1) is 17.4. The summed E-state index contributed by atoms with van der Waals surface area (Å²) in [6, 6.07) is 0. The van der Waals surface area contributed by atoms with Crippen LogP contribution in [-0.2, 0) is 0 Å². The Morgan fingerprint density at radius 1 is 1.13 bits per heavy atom. The summed E-state index contributed by atoms with van der Waals surface area (Å²) in [7, 11) is 0. The Hall–Kier alpha value is 0.0500. The summed E-state index contributed by atoms with van der Waals surface area (Å²) in [6.07, 6.45) is 4.76. The van der Waals surface area contributed by atoms with Gasteiger partial charge in [-0.15, -0.1) is 0 Å². The SMILES string of the molecule is CC.CCC/C(=C\CN(CC)CC)CS. The van der Waals surface area contributed by atoms with Gasteiger partial charge in [-0.25, -0.2) is 0 Å². The van der Waals surface area contributed by atoms with E-state index in [1.165, 1.54) is 18.4 Å². The largest absolute Gasteiger partial charge is 0.300 e. The van der Waals surface area contributed by atoms with Crippen LogP contribution in [0, 0.1) is 0 Å². The minimum Gasteiger partial charge on any atom is -0.300 e. The van der Waals surface area contributed by atoms with Gasteiger partial charge in [0.1, 0.15) is 0 Å². The van der Waals surface area contributed by atoms with Crippen molar-refractivity contribution in [2.45, 2.75) is 47.5 Å². The minimum absolute atomic E-state index is 0.912. The van der Waals surface area contributed by atoms with Crippen molar-refractivity contribution < 1.29 is 0 Å². The smallest absolute Gasteiger partial charge is 0.0165 e. The van der Waals surface area contributed by atoms with E-state index >= 15 is 0 Å². The van der Waals surface area contributed by atoms with Gasteiger partial charge >= 0.3 is 0 Å². The summed E-state index contributed by atoms with van der Waals surface area (Å²) in [6.45, 7) is 14.0. The third kappa shape index (κ3) is 10.3. The molecule has 0 atom stereocenters. The first-order chi connectivity index (χ1) is 7.28. The monoisotopic (exact) mass is 231 g/mol. The van der Waals surface area contributed by atoms with Crippen LogP contribution in [0.4, 0.5) is 0 Å². The maximum absolute atomic E-state index is 4.32. The van der Waals surface area contributed by atoms with Crippen molar-refractivity contribution in [3.05, 3.63) is 11.6 Å². The lowest BCUT2D eigenvalue weighted by molar-refractivity contribution is 0.336. The van der Waals surface area contributed by atoms with Gasteiger partial charge in [0.25, 0.3) is 0 Å². The highest BCUT2D eigenvalue weighted by Gasteiger charge is 1.97. The minimum atomic E-state index is 0.912. The maximum Gasteiger partial charge on any atom is 0.0165 e. The normalized spacial score (nSPS) is 11.3. The van der Waals surface area contributed by atoms with E-state index in [2.05, 4.69) is 44.4 Å². The summed E-state index contributed by atoms with van der Waals surface area (Å²) in [5.74, 6) is 0.912. The van der Waals surface area contributed by atoms with Crippen molar-refractivity contribution >= 4 is 12.6 Å². The van der Waals surface area contributed by atoms with Crippen molar-refractivity contribution in [3.8, 4) is 0 Å². The highest BCUT2D eigenvalue weighted by atomic mass is 32.1. The fourth-order valence-electron chi connectivity index (χ4n) is 1.31. The highest BCUT2D eigenvalue weighted by Crippen LogP contribution is 2.06. The molecule has 0 bridgehead atoms. The van der Waals surface area contributed by atoms with Gasteiger partial charge in [-0.2, -0.15) is 12.6 Å². The lowest BCUT2D eigenvalue weighted by Gasteiger charge is -2.16. The molecule has 0 N–H and O–H groups in total. The zero-order valence-corrected chi connectivity index (χ0v) is 12.1. The predicted octanol–water partition coefficient (Wildman–Crippen LogP) is 4.01. The molecule has 0 aromatic heterocycles. The molecule has 0 spiro atoms. The average molecular weight is 231 g/mol. The number of thiol groups is 1. The summed E-state index contributed by atoms with van der Waals surface area (Å²) in [5, 5.41) is 0. The van der Waals surface area contributed by atoms with Gasteiger partial charge in [-0.3, -0.25) is 0 Å². The Bertz CT molecular complexity index is 139. The summed E-state index contributed by atoms with van der Waals surface area (Å²) in [5.41, 5.74) is 1.48. The Morgan fingerprint density at radius 2 is 1.67 bits per heavy atom. The number of hydrogen-bond acceptors (Lipinski definition) is 2. The Balaban J connectivity index is 0. The molecule has 0 saturated carbocycles. The van der Waals surface area contributed by atoms with Crippen LogP contribution in [0.5, 0.6) is 0 Å². The fraction of sp³-hybridized carbons (Fsp3) is 0.846. The van der Waals surface area contributed by atoms with Crippen LogP contribution in [-0.4, -0.2) is 30.3 Å². The molecule has 0 saturated heterocycles. The molecule has 0 amide bonds. The van der Waals surface area contributed by atoms with E-state index in [1.807, 2.05) is 13.8 Å². The third-order valence-corrected chi connectivity index (χ3v) is 2.71. The number of rotatable bonds is 7. The molecule has 0 radical (unpaired) electrons. The van der Waals surface area contributed by atoms with Gasteiger partial charge in [-0.1, -0.05) is 52.7 Å². The summed E-state index contributed by atoms with van der Waals surface area (Å²) in [4.78, 5) is 2.42. The molecule has 92 valence electrons. The number of hydrogen-bond donors (Lipinski definition) is 1. The molecular formula is C13H29NS. The summed E-state index contributed by atoms with van der Waals surface area (Å²) < 4.78 is 0. The Labute approximate surface area is 102 Å². The molecule has 1 nitrogen and oxygen atoms in total. The van der Waals surface area contributed by atoms with E-state index in [9.17, 15) is 0 Å². The molecule has 0 rings (SSSR count). The first-order valence-corrected chi connectivity index (χ1v) is 6.92. The van der Waals surface area contributed by atoms with E-state index in [0.29, 0.717) is 0 Å². The molecular weight excluding hydrogens is 202 g/mol. The van der Waals surface area contributed by atoms with Crippen LogP contribution in [0.1, 0.15) is 47.5 Å². The van der Waals surface area contributed by atoms with Crippen molar-refractivity contribution in [2.75, 3.05) is 25.4 Å². The van der Waals surface area contributed by atoms with E-state index in [4.69, 9.17) is 0 Å². The van der Waals surface area contributed by atoms with Crippen LogP contribution in [0.25, 0.3) is 0 Å². The second-order valence-corrected chi connectivity index (χ2v) is 3.57. The molecule has 0 aliphatic heterocycles. The third-order valence-electron chi connectivity index (χ3n) is 2.31. The molecule has 0 heterocycles. The topological polar surface area (TPSA) is 3.24 Å². The lowest BCUT2D eigenvalue weighted by Crippen LogP contribution is -2.23. The molecule has 0 fully saturated rings. The molecule has 0 aromatic carbocycles. The number of likely N-dealkylation sites (N-methyl/N-ethyl adjacent to an activating group) is 1. The molecule has 15 heavy (non-hydrogen) atoms. The maximum atomic E-state index is 4.32. The Morgan fingerprint density at radius 3 is 2.00 bits per heavy atom. The van der Waals surface area contributed by atoms with E-state index in [0.717, 1.165) is 25.4 Å².